The average Bonchev–Trinajstić information content (AvgIpc) is 2.85. The molecule has 7 heteroatoms. The number of morpholine rings is 1. The van der Waals surface area contributed by atoms with Crippen LogP contribution in [0.4, 0.5) is 5.13 Å². The zero-order chi connectivity index (χ0) is 14.8. The summed E-state index contributed by atoms with van der Waals surface area (Å²) in [6.07, 6.45) is 0.790. The quantitative estimate of drug-likeness (QED) is 0.791. The van der Waals surface area contributed by atoms with Gasteiger partial charge in [0.2, 0.25) is 5.13 Å². The third-order valence-electron chi connectivity index (χ3n) is 2.83. The second-order valence-electron chi connectivity index (χ2n) is 5.66. The topological polar surface area (TPSA) is 64.6 Å². The predicted octanol–water partition coefficient (Wildman–Crippen LogP) is 1.65. The molecule has 1 aromatic rings. The number of esters is 1. The van der Waals surface area contributed by atoms with E-state index in [0.29, 0.717) is 19.8 Å². The highest BCUT2D eigenvalue weighted by molar-refractivity contribution is 7.09. The number of carbonyl (C=O) groups is 1. The lowest BCUT2D eigenvalue weighted by atomic mass is 10.2. The van der Waals surface area contributed by atoms with E-state index in [1.807, 2.05) is 32.6 Å². The van der Waals surface area contributed by atoms with E-state index in [4.69, 9.17) is 9.47 Å². The van der Waals surface area contributed by atoms with Crippen molar-refractivity contribution in [2.75, 3.05) is 24.7 Å². The molecule has 2 rings (SSSR count). The largest absolute Gasteiger partial charge is 0.458 e. The van der Waals surface area contributed by atoms with Gasteiger partial charge in [-0.05, 0) is 20.8 Å². The van der Waals surface area contributed by atoms with E-state index in [1.54, 1.807) is 0 Å². The summed E-state index contributed by atoms with van der Waals surface area (Å²) in [4.78, 5) is 18.7. The van der Waals surface area contributed by atoms with E-state index in [0.717, 1.165) is 17.4 Å². The van der Waals surface area contributed by atoms with Gasteiger partial charge in [-0.3, -0.25) is 0 Å². The maximum absolute atomic E-state index is 12.3. The van der Waals surface area contributed by atoms with Crippen molar-refractivity contribution in [3.63, 3.8) is 0 Å². The Bertz CT molecular complexity index is 470. The van der Waals surface area contributed by atoms with Gasteiger partial charge in [-0.25, -0.2) is 9.78 Å². The molecule has 1 saturated heterocycles. The van der Waals surface area contributed by atoms with Crippen molar-refractivity contribution >= 4 is 22.6 Å². The van der Waals surface area contributed by atoms with Crippen LogP contribution < -0.4 is 4.90 Å². The van der Waals surface area contributed by atoms with Gasteiger partial charge < -0.3 is 14.4 Å². The Kier molecular flexibility index (Phi) is 4.59. The van der Waals surface area contributed by atoms with Gasteiger partial charge in [-0.2, -0.15) is 4.37 Å². The molecule has 20 heavy (non-hydrogen) atoms. The van der Waals surface area contributed by atoms with Gasteiger partial charge in [0.25, 0.3) is 0 Å². The molecule has 1 unspecified atom stereocenters. The third-order valence-corrected chi connectivity index (χ3v) is 3.62. The SMILES string of the molecule is CCc1nsc(N2CCOCC2C(=O)OC(C)(C)C)n1. The van der Waals surface area contributed by atoms with Gasteiger partial charge in [0, 0.05) is 24.5 Å². The van der Waals surface area contributed by atoms with E-state index in [-0.39, 0.29) is 5.97 Å². The number of ether oxygens (including phenoxy) is 2. The normalized spacial score (nSPS) is 20.0. The van der Waals surface area contributed by atoms with Crippen LogP contribution in [0.15, 0.2) is 0 Å². The highest BCUT2D eigenvalue weighted by Gasteiger charge is 2.34. The Morgan fingerprint density at radius 1 is 1.55 bits per heavy atom. The van der Waals surface area contributed by atoms with Crippen LogP contribution in [0.1, 0.15) is 33.5 Å². The molecule has 0 aliphatic carbocycles. The predicted molar refractivity (Wildman–Crippen MR) is 77.1 cm³/mol. The molecule has 0 saturated carbocycles. The van der Waals surface area contributed by atoms with Crippen molar-refractivity contribution in [3.8, 4) is 0 Å². The maximum atomic E-state index is 12.3. The first-order valence-corrected chi connectivity index (χ1v) is 7.58. The van der Waals surface area contributed by atoms with E-state index < -0.39 is 11.6 Å². The fraction of sp³-hybridized carbons (Fsp3) is 0.769. The van der Waals surface area contributed by atoms with Crippen LogP contribution in [0.25, 0.3) is 0 Å². The number of rotatable bonds is 3. The number of hydrogen-bond donors (Lipinski definition) is 0. The zero-order valence-electron chi connectivity index (χ0n) is 12.4. The lowest BCUT2D eigenvalue weighted by Gasteiger charge is -2.35. The molecule has 1 aromatic heterocycles. The molecule has 1 aliphatic heterocycles. The van der Waals surface area contributed by atoms with Crippen molar-refractivity contribution in [2.45, 2.75) is 45.8 Å². The first-order chi connectivity index (χ1) is 9.40. The van der Waals surface area contributed by atoms with Crippen LogP contribution in [-0.2, 0) is 20.7 Å². The van der Waals surface area contributed by atoms with Crippen molar-refractivity contribution in [3.05, 3.63) is 5.82 Å². The molecule has 0 bridgehead atoms. The minimum absolute atomic E-state index is 0.273. The summed E-state index contributed by atoms with van der Waals surface area (Å²) in [5, 5.41) is 0.765. The first kappa shape index (κ1) is 15.2. The zero-order valence-corrected chi connectivity index (χ0v) is 13.2. The highest BCUT2D eigenvalue weighted by Crippen LogP contribution is 2.24. The molecule has 1 atom stereocenters. The summed E-state index contributed by atoms with van der Waals surface area (Å²) >= 11 is 1.32. The Morgan fingerprint density at radius 2 is 2.30 bits per heavy atom. The van der Waals surface area contributed by atoms with Crippen LogP contribution in [0.5, 0.6) is 0 Å². The number of anilines is 1. The molecule has 0 amide bonds. The lowest BCUT2D eigenvalue weighted by Crippen LogP contribution is -2.52. The smallest absolute Gasteiger partial charge is 0.331 e. The van der Waals surface area contributed by atoms with Crippen LogP contribution in [0.3, 0.4) is 0 Å². The number of nitrogens with zero attached hydrogens (tertiary/aromatic N) is 3. The first-order valence-electron chi connectivity index (χ1n) is 6.80. The lowest BCUT2D eigenvalue weighted by molar-refractivity contribution is -0.159. The van der Waals surface area contributed by atoms with Crippen molar-refractivity contribution in [1.82, 2.24) is 9.36 Å². The summed E-state index contributed by atoms with van der Waals surface area (Å²) < 4.78 is 15.1. The van der Waals surface area contributed by atoms with Crippen LogP contribution in [0, 0.1) is 0 Å². The van der Waals surface area contributed by atoms with E-state index in [9.17, 15) is 4.79 Å². The Balaban J connectivity index is 2.14. The minimum Gasteiger partial charge on any atom is -0.458 e. The molecule has 6 nitrogen and oxygen atoms in total. The van der Waals surface area contributed by atoms with Gasteiger partial charge in [0.15, 0.2) is 6.04 Å². The van der Waals surface area contributed by atoms with Crippen LogP contribution in [0.2, 0.25) is 0 Å². The van der Waals surface area contributed by atoms with E-state index in [2.05, 4.69) is 9.36 Å². The summed E-state index contributed by atoms with van der Waals surface area (Å²) in [6.45, 7) is 9.13. The monoisotopic (exact) mass is 299 g/mol. The molecule has 112 valence electrons. The van der Waals surface area contributed by atoms with Crippen molar-refractivity contribution in [2.24, 2.45) is 0 Å². The summed E-state index contributed by atoms with van der Waals surface area (Å²) in [7, 11) is 0. The molecule has 1 aliphatic rings. The van der Waals surface area contributed by atoms with Crippen molar-refractivity contribution in [1.29, 1.82) is 0 Å². The number of hydrogen-bond acceptors (Lipinski definition) is 7. The second-order valence-corrected chi connectivity index (χ2v) is 6.39. The van der Waals surface area contributed by atoms with Gasteiger partial charge in [0.1, 0.15) is 11.4 Å². The summed E-state index contributed by atoms with van der Waals surface area (Å²) in [5.74, 6) is 0.532. The Labute approximate surface area is 123 Å². The highest BCUT2D eigenvalue weighted by atomic mass is 32.1. The molecule has 0 radical (unpaired) electrons. The summed E-state index contributed by atoms with van der Waals surface area (Å²) in [5.41, 5.74) is -0.504. The third kappa shape index (κ3) is 3.67. The molecule has 2 heterocycles. The van der Waals surface area contributed by atoms with Crippen LogP contribution in [-0.4, -0.2) is 46.7 Å². The summed E-state index contributed by atoms with van der Waals surface area (Å²) in [6, 6.07) is -0.444. The Morgan fingerprint density at radius 3 is 2.90 bits per heavy atom. The maximum Gasteiger partial charge on any atom is 0.331 e. The minimum atomic E-state index is -0.504. The number of aromatic nitrogens is 2. The fourth-order valence-corrected chi connectivity index (χ4v) is 2.73. The van der Waals surface area contributed by atoms with Crippen LogP contribution >= 0.6 is 11.5 Å². The van der Waals surface area contributed by atoms with Crippen molar-refractivity contribution < 1.29 is 14.3 Å². The molecular weight excluding hydrogens is 278 g/mol. The van der Waals surface area contributed by atoms with E-state index in [1.165, 1.54) is 11.5 Å². The number of carbonyl (C=O) groups excluding carboxylic acids is 1. The molecule has 1 fully saturated rings. The molecule has 0 N–H and O–H groups in total. The molecular formula is C13H21N3O3S. The van der Waals surface area contributed by atoms with Gasteiger partial charge >= 0.3 is 5.97 Å². The standard InChI is InChI=1S/C13H21N3O3S/c1-5-10-14-12(20-15-10)16-6-7-18-8-9(16)11(17)19-13(2,3)4/h9H,5-8H2,1-4H3. The Hall–Kier alpha value is -1.21. The molecule has 0 spiro atoms. The molecule has 0 aromatic carbocycles. The van der Waals surface area contributed by atoms with Gasteiger partial charge in [-0.1, -0.05) is 6.92 Å². The fourth-order valence-electron chi connectivity index (χ4n) is 1.90. The van der Waals surface area contributed by atoms with Gasteiger partial charge in [0.05, 0.1) is 13.2 Å². The van der Waals surface area contributed by atoms with E-state index >= 15 is 0 Å². The number of aryl methyl sites for hydroxylation is 1. The second kappa shape index (κ2) is 6.05. The van der Waals surface area contributed by atoms with Gasteiger partial charge in [-0.15, -0.1) is 0 Å². The average molecular weight is 299 g/mol.